The number of thioether (sulfide) groups is 1. The van der Waals surface area contributed by atoms with Gasteiger partial charge in [0.1, 0.15) is 11.2 Å². The normalized spacial score (nSPS) is 25.8. The highest BCUT2D eigenvalue weighted by atomic mass is 32.2. The van der Waals surface area contributed by atoms with E-state index in [0.717, 1.165) is 18.7 Å². The summed E-state index contributed by atoms with van der Waals surface area (Å²) in [5.74, 6) is -0.179. The van der Waals surface area contributed by atoms with E-state index in [2.05, 4.69) is 24.5 Å². The predicted octanol–water partition coefficient (Wildman–Crippen LogP) is 3.00. The Balaban J connectivity index is 1.83. The molecule has 2 N–H and O–H groups in total. The minimum atomic E-state index is -0.179. The van der Waals surface area contributed by atoms with Gasteiger partial charge in [-0.2, -0.15) is 0 Å². The van der Waals surface area contributed by atoms with E-state index in [9.17, 15) is 4.39 Å². The molecule has 2 nitrogen and oxygen atoms in total. The van der Waals surface area contributed by atoms with Crippen LogP contribution in [0.3, 0.4) is 0 Å². The first-order chi connectivity index (χ1) is 8.56. The Morgan fingerprint density at radius 3 is 2.67 bits per heavy atom. The third-order valence-corrected chi connectivity index (χ3v) is 4.78. The van der Waals surface area contributed by atoms with Crippen molar-refractivity contribution >= 4 is 11.8 Å². The Kier molecular flexibility index (Phi) is 2.87. The molecule has 3 rings (SSSR count). The first-order valence-corrected chi connectivity index (χ1v) is 7.07. The molecule has 1 atom stereocenters. The standard InChI is InChI=1S/C14H17FN2S/c1-14(2)8-16-7-11-12(14)17-13(18-11)9-3-5-10(15)6-4-9/h3-6,13,16-17H,7-8H2,1-2H3. The first-order valence-electron chi connectivity index (χ1n) is 6.19. The number of rotatable bonds is 1. The molecule has 0 amide bonds. The molecule has 0 aliphatic carbocycles. The van der Waals surface area contributed by atoms with Crippen molar-refractivity contribution in [2.75, 3.05) is 13.1 Å². The van der Waals surface area contributed by atoms with Gasteiger partial charge in [-0.25, -0.2) is 4.39 Å². The Bertz CT molecular complexity index is 493. The fourth-order valence-electron chi connectivity index (χ4n) is 2.51. The Morgan fingerprint density at radius 2 is 2.00 bits per heavy atom. The summed E-state index contributed by atoms with van der Waals surface area (Å²) in [4.78, 5) is 1.39. The average molecular weight is 264 g/mol. The van der Waals surface area contributed by atoms with Crippen molar-refractivity contribution in [2.45, 2.75) is 19.2 Å². The van der Waals surface area contributed by atoms with Crippen molar-refractivity contribution in [3.63, 3.8) is 0 Å². The van der Waals surface area contributed by atoms with Gasteiger partial charge in [-0.15, -0.1) is 0 Å². The fourth-order valence-corrected chi connectivity index (χ4v) is 3.90. The molecule has 0 bridgehead atoms. The zero-order valence-corrected chi connectivity index (χ0v) is 11.4. The molecule has 1 unspecified atom stereocenters. The quantitative estimate of drug-likeness (QED) is 0.815. The molecule has 1 aromatic carbocycles. The highest BCUT2D eigenvalue weighted by molar-refractivity contribution is 8.03. The van der Waals surface area contributed by atoms with E-state index in [0.29, 0.717) is 0 Å². The number of halogens is 1. The molecular formula is C14H17FN2S. The summed E-state index contributed by atoms with van der Waals surface area (Å²) in [7, 11) is 0. The van der Waals surface area contributed by atoms with Crippen LogP contribution in [0, 0.1) is 11.2 Å². The van der Waals surface area contributed by atoms with Gasteiger partial charge in [0.25, 0.3) is 0 Å². The highest BCUT2D eigenvalue weighted by Crippen LogP contribution is 2.46. The number of benzene rings is 1. The van der Waals surface area contributed by atoms with E-state index in [1.54, 1.807) is 0 Å². The summed E-state index contributed by atoms with van der Waals surface area (Å²) in [5, 5.41) is 7.27. The molecule has 0 aromatic heterocycles. The van der Waals surface area contributed by atoms with Crippen LogP contribution in [0.2, 0.25) is 0 Å². The second-order valence-corrected chi connectivity index (χ2v) is 6.68. The van der Waals surface area contributed by atoms with Gasteiger partial charge in [0.2, 0.25) is 0 Å². The van der Waals surface area contributed by atoms with E-state index in [1.165, 1.54) is 22.7 Å². The molecular weight excluding hydrogens is 247 g/mol. The van der Waals surface area contributed by atoms with Crippen molar-refractivity contribution in [1.82, 2.24) is 10.6 Å². The molecule has 0 saturated heterocycles. The Labute approximate surface area is 111 Å². The average Bonchev–Trinajstić information content (AvgIpc) is 2.75. The van der Waals surface area contributed by atoms with Crippen LogP contribution < -0.4 is 10.6 Å². The third-order valence-electron chi connectivity index (χ3n) is 3.52. The van der Waals surface area contributed by atoms with Crippen LogP contribution in [0.4, 0.5) is 4.39 Å². The topological polar surface area (TPSA) is 24.1 Å². The summed E-state index contributed by atoms with van der Waals surface area (Å²) in [6.45, 7) is 6.42. The van der Waals surface area contributed by atoms with Gasteiger partial charge < -0.3 is 10.6 Å². The predicted molar refractivity (Wildman–Crippen MR) is 73.5 cm³/mol. The van der Waals surface area contributed by atoms with Crippen molar-refractivity contribution in [2.24, 2.45) is 5.41 Å². The first kappa shape index (κ1) is 12.1. The maximum atomic E-state index is 12.9. The SMILES string of the molecule is CC1(C)CNCC2=C1NC(c1ccc(F)cc1)S2. The third kappa shape index (κ3) is 2.04. The molecule has 2 aliphatic rings. The number of hydrogen-bond donors (Lipinski definition) is 2. The fraction of sp³-hybridized carbons (Fsp3) is 0.429. The minimum Gasteiger partial charge on any atom is -0.371 e. The maximum absolute atomic E-state index is 12.9. The van der Waals surface area contributed by atoms with Crippen molar-refractivity contribution in [1.29, 1.82) is 0 Å². The lowest BCUT2D eigenvalue weighted by Crippen LogP contribution is -2.40. The highest BCUT2D eigenvalue weighted by Gasteiger charge is 2.37. The Hall–Kier alpha value is -1.00. The second kappa shape index (κ2) is 4.28. The monoisotopic (exact) mass is 264 g/mol. The van der Waals surface area contributed by atoms with Crippen molar-refractivity contribution < 1.29 is 4.39 Å². The van der Waals surface area contributed by atoms with Gasteiger partial charge in [0.15, 0.2) is 0 Å². The molecule has 2 aliphatic heterocycles. The lowest BCUT2D eigenvalue weighted by atomic mass is 9.86. The molecule has 18 heavy (non-hydrogen) atoms. The molecule has 1 aromatic rings. The van der Waals surface area contributed by atoms with Crippen LogP contribution in [-0.4, -0.2) is 13.1 Å². The number of nitrogens with one attached hydrogen (secondary N) is 2. The largest absolute Gasteiger partial charge is 0.371 e. The smallest absolute Gasteiger partial charge is 0.123 e. The Morgan fingerprint density at radius 1 is 1.28 bits per heavy atom. The van der Waals surface area contributed by atoms with E-state index < -0.39 is 0 Å². The van der Waals surface area contributed by atoms with Gasteiger partial charge in [0, 0.05) is 29.1 Å². The van der Waals surface area contributed by atoms with Crippen LogP contribution in [0.25, 0.3) is 0 Å². The van der Waals surface area contributed by atoms with E-state index in [1.807, 2.05) is 23.9 Å². The summed E-state index contributed by atoms with van der Waals surface area (Å²) in [5.41, 5.74) is 2.63. The lowest BCUT2D eigenvalue weighted by Gasteiger charge is -2.32. The van der Waals surface area contributed by atoms with E-state index in [4.69, 9.17) is 0 Å². The van der Waals surface area contributed by atoms with Crippen LogP contribution >= 0.6 is 11.8 Å². The molecule has 2 heterocycles. The van der Waals surface area contributed by atoms with Crippen LogP contribution in [0.15, 0.2) is 34.9 Å². The summed E-state index contributed by atoms with van der Waals surface area (Å²) >= 11 is 1.84. The number of hydrogen-bond acceptors (Lipinski definition) is 3. The van der Waals surface area contributed by atoms with Gasteiger partial charge in [-0.1, -0.05) is 37.7 Å². The van der Waals surface area contributed by atoms with Crippen molar-refractivity contribution in [3.05, 3.63) is 46.2 Å². The van der Waals surface area contributed by atoms with Crippen molar-refractivity contribution in [3.8, 4) is 0 Å². The summed E-state index contributed by atoms with van der Waals surface area (Å²) in [6, 6.07) is 6.77. The minimum absolute atomic E-state index is 0.148. The zero-order chi connectivity index (χ0) is 12.8. The van der Waals surface area contributed by atoms with Gasteiger partial charge in [0.05, 0.1) is 0 Å². The van der Waals surface area contributed by atoms with E-state index in [-0.39, 0.29) is 16.6 Å². The van der Waals surface area contributed by atoms with Crippen LogP contribution in [0.1, 0.15) is 24.8 Å². The van der Waals surface area contributed by atoms with Gasteiger partial charge in [-0.3, -0.25) is 0 Å². The van der Waals surface area contributed by atoms with E-state index >= 15 is 0 Å². The molecule has 0 radical (unpaired) electrons. The summed E-state index contributed by atoms with van der Waals surface area (Å²) < 4.78 is 12.9. The zero-order valence-electron chi connectivity index (χ0n) is 10.6. The van der Waals surface area contributed by atoms with Gasteiger partial charge >= 0.3 is 0 Å². The second-order valence-electron chi connectivity index (χ2n) is 5.48. The maximum Gasteiger partial charge on any atom is 0.123 e. The lowest BCUT2D eigenvalue weighted by molar-refractivity contribution is 0.370. The van der Waals surface area contributed by atoms with Gasteiger partial charge in [-0.05, 0) is 17.7 Å². The molecule has 0 fully saturated rings. The molecule has 4 heteroatoms. The molecule has 0 saturated carbocycles. The molecule has 96 valence electrons. The summed E-state index contributed by atoms with van der Waals surface area (Å²) in [6.07, 6.45) is 0. The van der Waals surface area contributed by atoms with Crippen LogP contribution in [-0.2, 0) is 0 Å². The van der Waals surface area contributed by atoms with Crippen LogP contribution in [0.5, 0.6) is 0 Å². The molecule has 0 spiro atoms.